The van der Waals surface area contributed by atoms with Gasteiger partial charge in [-0.15, -0.1) is 0 Å². The van der Waals surface area contributed by atoms with Gasteiger partial charge in [-0.1, -0.05) is 76.1 Å². The van der Waals surface area contributed by atoms with Crippen molar-refractivity contribution < 1.29 is 19.4 Å². The highest BCUT2D eigenvalue weighted by molar-refractivity contribution is 5.70. The quantitative estimate of drug-likeness (QED) is 0.286. The van der Waals surface area contributed by atoms with Crippen LogP contribution in [0.25, 0.3) is 11.1 Å². The smallest absolute Gasteiger partial charge is 0.303 e. The largest absolute Gasteiger partial charge is 0.497 e. The van der Waals surface area contributed by atoms with E-state index in [0.717, 1.165) is 35.5 Å². The normalized spacial score (nSPS) is 17.4. The van der Waals surface area contributed by atoms with Crippen molar-refractivity contribution in [3.8, 4) is 22.6 Å². The van der Waals surface area contributed by atoms with Crippen LogP contribution in [0.1, 0.15) is 87.8 Å². The highest BCUT2D eigenvalue weighted by Gasteiger charge is 2.36. The summed E-state index contributed by atoms with van der Waals surface area (Å²) in [6, 6.07) is 23.0. The van der Waals surface area contributed by atoms with Gasteiger partial charge in [0.2, 0.25) is 0 Å². The fourth-order valence-corrected chi connectivity index (χ4v) is 5.92. The number of ether oxygens (including phenoxy) is 2. The third-order valence-electron chi connectivity index (χ3n) is 7.92. The first-order valence-electron chi connectivity index (χ1n) is 13.5. The standard InChI is InChI=1S/C33H40O4/c1-5-9-24(21-32(34)35)25-10-6-13-28(19-25)37-22-23-15-16-29(26-11-7-12-27(20-26)36-4)30(18-23)31-14-8-17-33(31,2)3/h6-7,10-13,15-16,18-20,24,31H,5,8-9,14,17,21-22H2,1-4H3,(H,34,35)/t24-,31?/m0/s1. The van der Waals surface area contributed by atoms with Crippen LogP contribution in [0.15, 0.2) is 66.7 Å². The molecule has 0 bridgehead atoms. The lowest BCUT2D eigenvalue weighted by Gasteiger charge is -2.30. The molecule has 0 aliphatic heterocycles. The Labute approximate surface area is 221 Å². The summed E-state index contributed by atoms with van der Waals surface area (Å²) < 4.78 is 11.8. The minimum Gasteiger partial charge on any atom is -0.497 e. The molecule has 0 radical (unpaired) electrons. The first-order valence-corrected chi connectivity index (χ1v) is 13.5. The summed E-state index contributed by atoms with van der Waals surface area (Å²) in [5, 5.41) is 9.34. The van der Waals surface area contributed by atoms with E-state index in [0.29, 0.717) is 12.5 Å². The van der Waals surface area contributed by atoms with Gasteiger partial charge in [-0.3, -0.25) is 4.79 Å². The molecule has 4 rings (SSSR count). The third kappa shape index (κ3) is 6.54. The summed E-state index contributed by atoms with van der Waals surface area (Å²) in [7, 11) is 1.71. The first-order chi connectivity index (χ1) is 17.8. The lowest BCUT2D eigenvalue weighted by atomic mass is 9.75. The molecule has 1 N–H and O–H groups in total. The molecule has 1 saturated carbocycles. The molecule has 37 heavy (non-hydrogen) atoms. The molecule has 196 valence electrons. The fraction of sp³-hybridized carbons (Fsp3) is 0.424. The van der Waals surface area contributed by atoms with Gasteiger partial charge in [0.25, 0.3) is 0 Å². The van der Waals surface area contributed by atoms with Crippen molar-refractivity contribution in [1.29, 1.82) is 0 Å². The molecule has 1 aliphatic carbocycles. The van der Waals surface area contributed by atoms with E-state index < -0.39 is 5.97 Å². The first kappa shape index (κ1) is 26.8. The van der Waals surface area contributed by atoms with Crippen LogP contribution in [0, 0.1) is 5.41 Å². The zero-order valence-corrected chi connectivity index (χ0v) is 22.6. The van der Waals surface area contributed by atoms with Crippen molar-refractivity contribution in [3.63, 3.8) is 0 Å². The van der Waals surface area contributed by atoms with E-state index in [-0.39, 0.29) is 17.8 Å². The number of rotatable bonds is 11. The van der Waals surface area contributed by atoms with Gasteiger partial charge in [0.15, 0.2) is 0 Å². The Morgan fingerprint density at radius 2 is 1.84 bits per heavy atom. The molecule has 2 atom stereocenters. The number of carboxylic acids is 1. The molecule has 3 aromatic rings. The van der Waals surface area contributed by atoms with Crippen LogP contribution in [0.4, 0.5) is 0 Å². The minimum atomic E-state index is -0.761. The van der Waals surface area contributed by atoms with E-state index >= 15 is 0 Å². The van der Waals surface area contributed by atoms with Gasteiger partial charge in [0.1, 0.15) is 18.1 Å². The van der Waals surface area contributed by atoms with Crippen LogP contribution >= 0.6 is 0 Å². The molecule has 0 aromatic heterocycles. The topological polar surface area (TPSA) is 55.8 Å². The highest BCUT2D eigenvalue weighted by atomic mass is 16.5. The number of carbonyl (C=O) groups is 1. The zero-order chi connectivity index (χ0) is 26.4. The maximum Gasteiger partial charge on any atom is 0.303 e. The van der Waals surface area contributed by atoms with E-state index in [1.54, 1.807) is 7.11 Å². The minimum absolute atomic E-state index is 0.00407. The maximum absolute atomic E-state index is 11.4. The van der Waals surface area contributed by atoms with E-state index in [9.17, 15) is 9.90 Å². The van der Waals surface area contributed by atoms with Crippen LogP contribution in [-0.4, -0.2) is 18.2 Å². The number of hydrogen-bond acceptors (Lipinski definition) is 3. The van der Waals surface area contributed by atoms with E-state index in [1.165, 1.54) is 36.0 Å². The molecule has 4 nitrogen and oxygen atoms in total. The molecule has 4 heteroatoms. The Bertz CT molecular complexity index is 1210. The van der Waals surface area contributed by atoms with Gasteiger partial charge in [0.05, 0.1) is 13.5 Å². The second-order valence-electron chi connectivity index (χ2n) is 11.0. The predicted octanol–water partition coefficient (Wildman–Crippen LogP) is 8.59. The van der Waals surface area contributed by atoms with Gasteiger partial charge in [-0.05, 0) is 88.6 Å². The summed E-state index contributed by atoms with van der Waals surface area (Å²) in [6.07, 6.45) is 5.61. The Hall–Kier alpha value is -3.27. The van der Waals surface area contributed by atoms with Crippen LogP contribution < -0.4 is 9.47 Å². The molecule has 1 unspecified atom stereocenters. The molecular weight excluding hydrogens is 460 g/mol. The maximum atomic E-state index is 11.4. The number of aliphatic carboxylic acids is 1. The number of methoxy groups -OCH3 is 1. The Kier molecular flexibility index (Phi) is 8.58. The Balaban J connectivity index is 1.60. The second kappa shape index (κ2) is 11.9. The van der Waals surface area contributed by atoms with Gasteiger partial charge in [0, 0.05) is 0 Å². The predicted molar refractivity (Wildman–Crippen MR) is 149 cm³/mol. The SMILES string of the molecule is CCC[C@@H](CC(=O)O)c1cccc(OCc2ccc(-c3cccc(OC)c3)c(C3CCCC3(C)C)c2)c1. The van der Waals surface area contributed by atoms with Crippen molar-refractivity contribution in [1.82, 2.24) is 0 Å². The van der Waals surface area contributed by atoms with Crippen LogP contribution in [-0.2, 0) is 11.4 Å². The molecule has 0 saturated heterocycles. The summed E-state index contributed by atoms with van der Waals surface area (Å²) in [6.45, 7) is 7.34. The van der Waals surface area contributed by atoms with Crippen molar-refractivity contribution in [2.24, 2.45) is 5.41 Å². The molecule has 0 spiro atoms. The van der Waals surface area contributed by atoms with Gasteiger partial charge in [-0.2, -0.15) is 0 Å². The van der Waals surface area contributed by atoms with Gasteiger partial charge >= 0.3 is 5.97 Å². The second-order valence-corrected chi connectivity index (χ2v) is 11.0. The summed E-state index contributed by atoms with van der Waals surface area (Å²) in [5.74, 6) is 1.38. The van der Waals surface area contributed by atoms with E-state index in [4.69, 9.17) is 9.47 Å². The Morgan fingerprint density at radius 3 is 2.54 bits per heavy atom. The number of benzene rings is 3. The average molecular weight is 501 g/mol. The van der Waals surface area contributed by atoms with Gasteiger partial charge < -0.3 is 14.6 Å². The lowest BCUT2D eigenvalue weighted by Crippen LogP contribution is -2.16. The third-order valence-corrected chi connectivity index (χ3v) is 7.92. The average Bonchev–Trinajstić information content (AvgIpc) is 3.25. The molecule has 1 aliphatic rings. The van der Waals surface area contributed by atoms with Crippen LogP contribution in [0.3, 0.4) is 0 Å². The monoisotopic (exact) mass is 500 g/mol. The van der Waals surface area contributed by atoms with Crippen molar-refractivity contribution in [2.45, 2.75) is 77.7 Å². The zero-order valence-electron chi connectivity index (χ0n) is 22.6. The van der Waals surface area contributed by atoms with Crippen molar-refractivity contribution >= 4 is 5.97 Å². The lowest BCUT2D eigenvalue weighted by molar-refractivity contribution is -0.137. The Morgan fingerprint density at radius 1 is 1.05 bits per heavy atom. The van der Waals surface area contributed by atoms with E-state index in [2.05, 4.69) is 57.2 Å². The van der Waals surface area contributed by atoms with Crippen molar-refractivity contribution in [2.75, 3.05) is 7.11 Å². The highest BCUT2D eigenvalue weighted by Crippen LogP contribution is 2.51. The summed E-state index contributed by atoms with van der Waals surface area (Å²) in [5.41, 5.74) is 6.25. The summed E-state index contributed by atoms with van der Waals surface area (Å²) in [4.78, 5) is 11.4. The number of carboxylic acid groups (broad SMARTS) is 1. The van der Waals surface area contributed by atoms with Crippen LogP contribution in [0.5, 0.6) is 11.5 Å². The van der Waals surface area contributed by atoms with E-state index in [1.807, 2.05) is 30.3 Å². The van der Waals surface area contributed by atoms with Gasteiger partial charge in [-0.25, -0.2) is 0 Å². The molecule has 0 amide bonds. The molecule has 1 fully saturated rings. The molecular formula is C33H40O4. The fourth-order valence-electron chi connectivity index (χ4n) is 5.92. The summed E-state index contributed by atoms with van der Waals surface area (Å²) >= 11 is 0. The van der Waals surface area contributed by atoms with Crippen LogP contribution in [0.2, 0.25) is 0 Å². The molecule has 0 heterocycles. The number of hydrogen-bond donors (Lipinski definition) is 1. The van der Waals surface area contributed by atoms with Crippen molar-refractivity contribution in [3.05, 3.63) is 83.4 Å². The molecule has 3 aromatic carbocycles.